The topological polar surface area (TPSA) is 41.5 Å². The van der Waals surface area contributed by atoms with Crippen molar-refractivity contribution in [1.82, 2.24) is 5.32 Å². The summed E-state index contributed by atoms with van der Waals surface area (Å²) in [6, 6.07) is 4.04. The van der Waals surface area contributed by atoms with Crippen LogP contribution < -0.4 is 10.1 Å². The summed E-state index contributed by atoms with van der Waals surface area (Å²) < 4.78 is 5.88. The van der Waals surface area contributed by atoms with Crippen molar-refractivity contribution >= 4 is 22.6 Å². The molecule has 3 nitrogen and oxygen atoms in total. The molecule has 1 atom stereocenters. The maximum atomic E-state index is 9.62. The van der Waals surface area contributed by atoms with Gasteiger partial charge in [0.2, 0.25) is 0 Å². The number of hydrogen-bond donors (Lipinski definition) is 2. The molecule has 0 fully saturated rings. The van der Waals surface area contributed by atoms with Crippen molar-refractivity contribution in [2.45, 2.75) is 13.0 Å². The molecule has 0 bridgehead atoms. The Morgan fingerprint density at radius 3 is 2.64 bits per heavy atom. The molecule has 4 heteroatoms. The summed E-state index contributed by atoms with van der Waals surface area (Å²) in [6.07, 6.45) is 0. The standard InChI is InChI=1S/C10H14INO2/c1-6(12-2)7-4-8(11)10(13)9(5-7)14-3/h4-6,12-13H,1-3H3/t6-/m0/s1. The van der Waals surface area contributed by atoms with E-state index in [1.165, 1.54) is 0 Å². The Bertz CT molecular complexity index is 328. The quantitative estimate of drug-likeness (QED) is 0.842. The van der Waals surface area contributed by atoms with E-state index < -0.39 is 0 Å². The molecule has 78 valence electrons. The Hall–Kier alpha value is -0.490. The van der Waals surface area contributed by atoms with Crippen molar-refractivity contribution in [2.24, 2.45) is 0 Å². The first-order valence-corrected chi connectivity index (χ1v) is 5.41. The van der Waals surface area contributed by atoms with Crippen LogP contribution in [0, 0.1) is 3.57 Å². The molecule has 2 N–H and O–H groups in total. The Labute approximate surface area is 97.6 Å². The number of methoxy groups -OCH3 is 1. The first-order valence-electron chi connectivity index (χ1n) is 4.33. The molecule has 1 aromatic rings. The molecule has 0 amide bonds. The van der Waals surface area contributed by atoms with Crippen molar-refractivity contribution in [3.63, 3.8) is 0 Å². The van der Waals surface area contributed by atoms with Gasteiger partial charge in [-0.1, -0.05) is 0 Å². The average molecular weight is 307 g/mol. The lowest BCUT2D eigenvalue weighted by Gasteiger charge is -2.13. The number of hydrogen-bond acceptors (Lipinski definition) is 3. The molecular formula is C10H14INO2. The monoisotopic (exact) mass is 307 g/mol. The second-order valence-electron chi connectivity index (χ2n) is 3.06. The van der Waals surface area contributed by atoms with Crippen LogP contribution in [-0.2, 0) is 0 Å². The smallest absolute Gasteiger partial charge is 0.171 e. The van der Waals surface area contributed by atoms with E-state index in [2.05, 4.69) is 34.8 Å². The molecular weight excluding hydrogens is 293 g/mol. The molecule has 0 saturated carbocycles. The number of phenolic OH excluding ortho intramolecular Hbond substituents is 1. The molecule has 0 aliphatic carbocycles. The van der Waals surface area contributed by atoms with Gasteiger partial charge in [0.05, 0.1) is 10.7 Å². The summed E-state index contributed by atoms with van der Waals surface area (Å²) in [5, 5.41) is 12.8. The van der Waals surface area contributed by atoms with Crippen LogP contribution in [0.5, 0.6) is 11.5 Å². The van der Waals surface area contributed by atoms with Gasteiger partial charge in [0, 0.05) is 6.04 Å². The van der Waals surface area contributed by atoms with E-state index in [-0.39, 0.29) is 11.8 Å². The number of ether oxygens (including phenoxy) is 1. The predicted molar refractivity (Wildman–Crippen MR) is 64.9 cm³/mol. The van der Waals surface area contributed by atoms with Crippen LogP contribution >= 0.6 is 22.6 Å². The molecule has 0 heterocycles. The summed E-state index contributed by atoms with van der Waals surface area (Å²) in [6.45, 7) is 2.06. The molecule has 1 aromatic carbocycles. The third kappa shape index (κ3) is 2.30. The van der Waals surface area contributed by atoms with Crippen molar-refractivity contribution < 1.29 is 9.84 Å². The highest BCUT2D eigenvalue weighted by atomic mass is 127. The molecule has 0 aromatic heterocycles. The lowest BCUT2D eigenvalue weighted by atomic mass is 10.1. The summed E-state index contributed by atoms with van der Waals surface area (Å²) >= 11 is 2.09. The van der Waals surface area contributed by atoms with Crippen LogP contribution in [0.25, 0.3) is 0 Å². The van der Waals surface area contributed by atoms with E-state index in [1.54, 1.807) is 7.11 Å². The second-order valence-corrected chi connectivity index (χ2v) is 4.23. The largest absolute Gasteiger partial charge is 0.504 e. The molecule has 0 aliphatic rings. The van der Waals surface area contributed by atoms with Crippen molar-refractivity contribution in [2.75, 3.05) is 14.2 Å². The van der Waals surface area contributed by atoms with Crippen LogP contribution in [0.1, 0.15) is 18.5 Å². The maximum Gasteiger partial charge on any atom is 0.171 e. The fourth-order valence-electron chi connectivity index (χ4n) is 1.17. The molecule has 14 heavy (non-hydrogen) atoms. The zero-order chi connectivity index (χ0) is 10.7. The predicted octanol–water partition coefficient (Wildman–Crippen LogP) is 2.29. The highest BCUT2D eigenvalue weighted by molar-refractivity contribution is 14.1. The first kappa shape index (κ1) is 11.6. The van der Waals surface area contributed by atoms with Gasteiger partial charge in [0.1, 0.15) is 0 Å². The van der Waals surface area contributed by atoms with E-state index >= 15 is 0 Å². The summed E-state index contributed by atoms with van der Waals surface area (Å²) in [5.74, 6) is 0.731. The number of halogens is 1. The van der Waals surface area contributed by atoms with Gasteiger partial charge >= 0.3 is 0 Å². The number of nitrogens with one attached hydrogen (secondary N) is 1. The van der Waals surface area contributed by atoms with Gasteiger partial charge < -0.3 is 15.2 Å². The number of rotatable bonds is 3. The Balaban J connectivity index is 3.16. The SMILES string of the molecule is CN[C@@H](C)c1cc(I)c(O)c(OC)c1. The van der Waals surface area contributed by atoms with E-state index in [1.807, 2.05) is 19.2 Å². The number of phenols is 1. The summed E-state index contributed by atoms with van der Waals surface area (Å²) in [5.41, 5.74) is 1.10. The van der Waals surface area contributed by atoms with Crippen LogP contribution in [-0.4, -0.2) is 19.3 Å². The number of aromatic hydroxyl groups is 1. The zero-order valence-electron chi connectivity index (χ0n) is 8.47. The molecule has 0 unspecified atom stereocenters. The Kier molecular flexibility index (Phi) is 4.00. The van der Waals surface area contributed by atoms with Crippen molar-refractivity contribution in [1.29, 1.82) is 0 Å². The highest BCUT2D eigenvalue weighted by Gasteiger charge is 2.11. The van der Waals surface area contributed by atoms with Crippen molar-refractivity contribution in [3.05, 3.63) is 21.3 Å². The van der Waals surface area contributed by atoms with Crippen LogP contribution in [0.15, 0.2) is 12.1 Å². The van der Waals surface area contributed by atoms with Gasteiger partial charge in [-0.2, -0.15) is 0 Å². The van der Waals surface area contributed by atoms with Gasteiger partial charge in [0.25, 0.3) is 0 Å². The summed E-state index contributed by atoms with van der Waals surface area (Å²) in [4.78, 5) is 0. The van der Waals surface area contributed by atoms with E-state index in [0.717, 1.165) is 9.13 Å². The minimum atomic E-state index is 0.208. The lowest BCUT2D eigenvalue weighted by Crippen LogP contribution is -2.12. The van der Waals surface area contributed by atoms with Crippen LogP contribution in [0.2, 0.25) is 0 Å². The fourth-order valence-corrected chi connectivity index (χ4v) is 1.79. The first-order chi connectivity index (χ1) is 6.60. The zero-order valence-corrected chi connectivity index (χ0v) is 10.6. The molecule has 1 rings (SSSR count). The van der Waals surface area contributed by atoms with Gasteiger partial charge in [-0.3, -0.25) is 0 Å². The molecule has 0 saturated heterocycles. The van der Waals surface area contributed by atoms with Gasteiger partial charge in [0.15, 0.2) is 11.5 Å². The third-order valence-corrected chi connectivity index (χ3v) is 3.03. The van der Waals surface area contributed by atoms with Crippen LogP contribution in [0.4, 0.5) is 0 Å². The van der Waals surface area contributed by atoms with Gasteiger partial charge in [-0.15, -0.1) is 0 Å². The highest BCUT2D eigenvalue weighted by Crippen LogP contribution is 2.34. The minimum absolute atomic E-state index is 0.208. The fraction of sp³-hybridized carbons (Fsp3) is 0.400. The van der Waals surface area contributed by atoms with E-state index in [0.29, 0.717) is 5.75 Å². The van der Waals surface area contributed by atoms with Gasteiger partial charge in [-0.05, 0) is 54.3 Å². The molecule has 0 radical (unpaired) electrons. The van der Waals surface area contributed by atoms with E-state index in [9.17, 15) is 5.11 Å². The minimum Gasteiger partial charge on any atom is -0.504 e. The third-order valence-electron chi connectivity index (χ3n) is 2.20. The average Bonchev–Trinajstić information content (AvgIpc) is 2.20. The maximum absolute atomic E-state index is 9.62. The van der Waals surface area contributed by atoms with E-state index in [4.69, 9.17) is 4.74 Å². The Morgan fingerprint density at radius 2 is 2.14 bits per heavy atom. The molecule has 0 spiro atoms. The summed E-state index contributed by atoms with van der Waals surface area (Å²) in [7, 11) is 3.45. The number of benzene rings is 1. The lowest BCUT2D eigenvalue weighted by molar-refractivity contribution is 0.370. The molecule has 0 aliphatic heterocycles. The Morgan fingerprint density at radius 1 is 1.50 bits per heavy atom. The normalized spacial score (nSPS) is 12.6. The van der Waals surface area contributed by atoms with Crippen LogP contribution in [0.3, 0.4) is 0 Å². The van der Waals surface area contributed by atoms with Gasteiger partial charge in [-0.25, -0.2) is 0 Å². The van der Waals surface area contributed by atoms with Crippen molar-refractivity contribution in [3.8, 4) is 11.5 Å². The second kappa shape index (κ2) is 4.84.